The maximum atomic E-state index is 11.3. The number of hydrogen-bond acceptors (Lipinski definition) is 3. The van der Waals surface area contributed by atoms with Crippen LogP contribution in [0.1, 0.15) is 40.5 Å². The number of ether oxygens (including phenoxy) is 1. The van der Waals surface area contributed by atoms with E-state index in [0.717, 1.165) is 13.0 Å². The minimum atomic E-state index is -0.0581. The molecule has 3 N–H and O–H groups in total. The Morgan fingerprint density at radius 1 is 1.22 bits per heavy atom. The van der Waals surface area contributed by atoms with E-state index in [9.17, 15) is 4.79 Å². The molecule has 5 nitrogen and oxygen atoms in total. The lowest BCUT2D eigenvalue weighted by atomic mass is 10.1. The number of carbonyl (C=O) groups is 1. The third-order valence-electron chi connectivity index (χ3n) is 1.97. The first kappa shape index (κ1) is 17.1. The van der Waals surface area contributed by atoms with Crippen LogP contribution in [-0.2, 0) is 9.53 Å². The first-order valence-electron chi connectivity index (χ1n) is 6.36. The molecule has 0 aliphatic rings. The summed E-state index contributed by atoms with van der Waals surface area (Å²) < 4.78 is 5.39. The maximum Gasteiger partial charge on any atom is 0.238 e. The lowest BCUT2D eigenvalue weighted by molar-refractivity contribution is -0.122. The number of amides is 1. The normalized spacial score (nSPS) is 10.6. The highest BCUT2D eigenvalue weighted by Gasteiger charge is 2.04. The zero-order valence-corrected chi connectivity index (χ0v) is 12.5. The second kappa shape index (κ2) is 10.1. The van der Waals surface area contributed by atoms with E-state index in [2.05, 4.69) is 16.2 Å². The smallest absolute Gasteiger partial charge is 0.238 e. The largest absolute Gasteiger partial charge is 0.379 e. The van der Waals surface area contributed by atoms with Crippen LogP contribution < -0.4 is 16.2 Å². The van der Waals surface area contributed by atoms with Crippen molar-refractivity contribution in [1.29, 1.82) is 0 Å². The van der Waals surface area contributed by atoms with Crippen LogP contribution in [0.25, 0.3) is 0 Å². The van der Waals surface area contributed by atoms with Gasteiger partial charge in [-0.15, -0.1) is 0 Å². The molecule has 0 saturated heterocycles. The second-order valence-corrected chi connectivity index (χ2v) is 5.21. The molecule has 0 radical (unpaired) electrons. The Labute approximate surface area is 115 Å². The Balaban J connectivity index is 3.46. The van der Waals surface area contributed by atoms with E-state index >= 15 is 0 Å². The monoisotopic (exact) mass is 275 g/mol. The minimum Gasteiger partial charge on any atom is -0.379 e. The van der Waals surface area contributed by atoms with Gasteiger partial charge in [0.2, 0.25) is 5.91 Å². The van der Waals surface area contributed by atoms with E-state index in [0.29, 0.717) is 24.1 Å². The van der Waals surface area contributed by atoms with Gasteiger partial charge >= 0.3 is 0 Å². The van der Waals surface area contributed by atoms with E-state index in [1.165, 1.54) is 0 Å². The first-order valence-corrected chi connectivity index (χ1v) is 6.77. The molecular formula is C12H25N3O2S. The molecular weight excluding hydrogens is 250 g/mol. The molecule has 0 rings (SSSR count). The van der Waals surface area contributed by atoms with E-state index < -0.39 is 0 Å². The number of thiocarbonyl (C=S) groups is 1. The van der Waals surface area contributed by atoms with Gasteiger partial charge in [0, 0.05) is 19.6 Å². The summed E-state index contributed by atoms with van der Waals surface area (Å²) in [6, 6.07) is 0. The quantitative estimate of drug-likeness (QED) is 0.372. The van der Waals surface area contributed by atoms with Gasteiger partial charge in [-0.2, -0.15) is 0 Å². The lowest BCUT2D eigenvalue weighted by Gasteiger charge is -2.12. The summed E-state index contributed by atoms with van der Waals surface area (Å²) in [6.07, 6.45) is 1.61. The highest BCUT2D eigenvalue weighted by molar-refractivity contribution is 7.80. The van der Waals surface area contributed by atoms with Gasteiger partial charge in [0.05, 0.1) is 6.10 Å². The van der Waals surface area contributed by atoms with E-state index in [1.54, 1.807) is 0 Å². The van der Waals surface area contributed by atoms with Crippen molar-refractivity contribution in [2.75, 3.05) is 13.2 Å². The maximum absolute atomic E-state index is 11.3. The molecule has 0 atom stereocenters. The van der Waals surface area contributed by atoms with Crippen molar-refractivity contribution < 1.29 is 9.53 Å². The predicted octanol–water partition coefficient (Wildman–Crippen LogP) is 1.34. The molecule has 0 heterocycles. The van der Waals surface area contributed by atoms with Crippen LogP contribution in [0.5, 0.6) is 0 Å². The van der Waals surface area contributed by atoms with Gasteiger partial charge in [-0.25, -0.2) is 0 Å². The summed E-state index contributed by atoms with van der Waals surface area (Å²) in [7, 11) is 0. The highest BCUT2D eigenvalue weighted by atomic mass is 32.1. The fourth-order valence-electron chi connectivity index (χ4n) is 1.19. The van der Waals surface area contributed by atoms with E-state index in [4.69, 9.17) is 17.0 Å². The molecule has 106 valence electrons. The van der Waals surface area contributed by atoms with Crippen LogP contribution >= 0.6 is 12.2 Å². The number of rotatable bonds is 7. The van der Waals surface area contributed by atoms with Crippen LogP contribution in [0.3, 0.4) is 0 Å². The minimum absolute atomic E-state index is 0.0581. The fraction of sp³-hybridized carbons (Fsp3) is 0.833. The van der Waals surface area contributed by atoms with Crippen molar-refractivity contribution >= 4 is 23.2 Å². The van der Waals surface area contributed by atoms with Gasteiger partial charge in [0.15, 0.2) is 5.11 Å². The molecule has 0 aliphatic carbocycles. The van der Waals surface area contributed by atoms with Gasteiger partial charge in [-0.1, -0.05) is 13.8 Å². The molecule has 0 spiro atoms. The number of nitrogens with one attached hydrogen (secondary N) is 3. The second-order valence-electron chi connectivity index (χ2n) is 4.80. The Morgan fingerprint density at radius 3 is 2.44 bits per heavy atom. The Hall–Kier alpha value is -0.880. The van der Waals surface area contributed by atoms with Gasteiger partial charge in [0.25, 0.3) is 0 Å². The summed E-state index contributed by atoms with van der Waals surface area (Å²) in [5.41, 5.74) is 5.22. The number of carbonyl (C=O) groups excluding carboxylic acids is 1. The summed E-state index contributed by atoms with van der Waals surface area (Å²) in [5, 5.41) is 3.42. The van der Waals surface area contributed by atoms with Gasteiger partial charge in [-0.3, -0.25) is 15.6 Å². The standard InChI is InChI=1S/C12H25N3O2S/c1-9(2)8-11(16)14-15-12(18)13-6-5-7-17-10(3)4/h9-10H,5-8H2,1-4H3,(H,14,16)(H2,13,15,18). The van der Waals surface area contributed by atoms with Gasteiger partial charge in [-0.05, 0) is 38.4 Å². The van der Waals surface area contributed by atoms with Crippen LogP contribution in [-0.4, -0.2) is 30.3 Å². The van der Waals surface area contributed by atoms with Gasteiger partial charge in [0.1, 0.15) is 0 Å². The molecule has 0 aliphatic heterocycles. The fourth-order valence-corrected chi connectivity index (χ4v) is 1.34. The van der Waals surface area contributed by atoms with E-state index in [1.807, 2.05) is 27.7 Å². The average molecular weight is 275 g/mol. The van der Waals surface area contributed by atoms with Crippen molar-refractivity contribution in [3.63, 3.8) is 0 Å². The zero-order valence-electron chi connectivity index (χ0n) is 11.7. The topological polar surface area (TPSA) is 62.4 Å². The summed E-state index contributed by atoms with van der Waals surface area (Å²) in [6.45, 7) is 9.41. The molecule has 0 saturated carbocycles. The van der Waals surface area contributed by atoms with Crippen LogP contribution in [0.4, 0.5) is 0 Å². The lowest BCUT2D eigenvalue weighted by Crippen LogP contribution is -2.47. The van der Waals surface area contributed by atoms with Crippen LogP contribution in [0.15, 0.2) is 0 Å². The molecule has 1 amide bonds. The van der Waals surface area contributed by atoms with Crippen LogP contribution in [0, 0.1) is 5.92 Å². The molecule has 0 fully saturated rings. The SMILES string of the molecule is CC(C)CC(=O)NNC(=S)NCCCOC(C)C. The average Bonchev–Trinajstić information content (AvgIpc) is 2.24. The first-order chi connectivity index (χ1) is 8.41. The molecule has 6 heteroatoms. The van der Waals surface area contributed by atoms with Crippen molar-refractivity contribution in [2.45, 2.75) is 46.6 Å². The molecule has 0 bridgehead atoms. The van der Waals surface area contributed by atoms with Gasteiger partial charge < -0.3 is 10.1 Å². The van der Waals surface area contributed by atoms with Crippen molar-refractivity contribution in [2.24, 2.45) is 5.92 Å². The molecule has 0 aromatic rings. The molecule has 0 aromatic carbocycles. The Kier molecular flexibility index (Phi) is 9.59. The number of hydrogen-bond donors (Lipinski definition) is 3. The summed E-state index contributed by atoms with van der Waals surface area (Å²) >= 11 is 5.01. The molecule has 0 unspecified atom stereocenters. The van der Waals surface area contributed by atoms with Crippen LogP contribution in [0.2, 0.25) is 0 Å². The Morgan fingerprint density at radius 2 is 1.89 bits per heavy atom. The molecule has 18 heavy (non-hydrogen) atoms. The van der Waals surface area contributed by atoms with Crippen molar-refractivity contribution in [3.8, 4) is 0 Å². The summed E-state index contributed by atoms with van der Waals surface area (Å²) in [5.74, 6) is 0.277. The summed E-state index contributed by atoms with van der Waals surface area (Å²) in [4.78, 5) is 11.3. The zero-order chi connectivity index (χ0) is 14.0. The molecule has 0 aromatic heterocycles. The predicted molar refractivity (Wildman–Crippen MR) is 77.0 cm³/mol. The Bertz CT molecular complexity index is 258. The highest BCUT2D eigenvalue weighted by Crippen LogP contribution is 1.97. The van der Waals surface area contributed by atoms with Crippen molar-refractivity contribution in [3.05, 3.63) is 0 Å². The van der Waals surface area contributed by atoms with E-state index in [-0.39, 0.29) is 12.0 Å². The third kappa shape index (κ3) is 11.6. The van der Waals surface area contributed by atoms with Crippen molar-refractivity contribution in [1.82, 2.24) is 16.2 Å². The number of hydrazine groups is 1. The third-order valence-corrected chi connectivity index (χ3v) is 2.21.